The van der Waals surface area contributed by atoms with Crippen molar-refractivity contribution in [3.8, 4) is 0 Å². The fourth-order valence-corrected chi connectivity index (χ4v) is 2.23. The van der Waals surface area contributed by atoms with Gasteiger partial charge < -0.3 is 0 Å². The topological polar surface area (TPSA) is 12.4 Å². The monoisotopic (exact) mass is 261 g/mol. The molecule has 1 aliphatic rings. The van der Waals surface area contributed by atoms with Crippen LogP contribution in [0.4, 0.5) is 4.39 Å². The van der Waals surface area contributed by atoms with Gasteiger partial charge in [0.15, 0.2) is 0 Å². The summed E-state index contributed by atoms with van der Waals surface area (Å²) in [5, 5.41) is 0. The normalized spacial score (nSPS) is 15.1. The van der Waals surface area contributed by atoms with Crippen molar-refractivity contribution in [3.05, 3.63) is 53.0 Å². The summed E-state index contributed by atoms with van der Waals surface area (Å²) in [5.74, 6) is 0.794. The molecule has 2 rings (SSSR count). The largest absolute Gasteiger partial charge is 0.257 e. The average Bonchev–Trinajstić information content (AvgIpc) is 2.79. The summed E-state index contributed by atoms with van der Waals surface area (Å²) in [7, 11) is 0. The number of aliphatic imine (C=N–C) groups is 1. The smallest absolute Gasteiger partial charge is 0.126 e. The van der Waals surface area contributed by atoms with Crippen LogP contribution < -0.4 is 0 Å². The van der Waals surface area contributed by atoms with Crippen LogP contribution in [-0.4, -0.2) is 17.7 Å². The van der Waals surface area contributed by atoms with Crippen LogP contribution in [-0.2, 0) is 0 Å². The highest BCUT2D eigenvalue weighted by Gasteiger charge is 2.05. The Bertz CT molecular complexity index is 529. The van der Waals surface area contributed by atoms with Crippen molar-refractivity contribution in [1.29, 1.82) is 0 Å². The number of nitrogens with zero attached hydrogens (tertiary/aromatic N) is 1. The number of aryl methyl sites for hydroxylation is 1. The van der Waals surface area contributed by atoms with E-state index in [1.54, 1.807) is 30.8 Å². The van der Waals surface area contributed by atoms with Gasteiger partial charge in [-0.2, -0.15) is 11.8 Å². The quantitative estimate of drug-likeness (QED) is 0.789. The molecule has 0 saturated heterocycles. The molecule has 0 fully saturated rings. The fraction of sp³-hybridized carbons (Fsp3) is 0.267. The molecule has 1 aliphatic heterocycles. The van der Waals surface area contributed by atoms with Crippen molar-refractivity contribution in [1.82, 2.24) is 0 Å². The first-order chi connectivity index (χ1) is 8.69. The molecule has 0 N–H and O–H groups in total. The Hall–Kier alpha value is -1.35. The van der Waals surface area contributed by atoms with Crippen molar-refractivity contribution in [2.75, 3.05) is 12.0 Å². The minimum Gasteiger partial charge on any atom is -0.257 e. The molecule has 1 aromatic rings. The van der Waals surface area contributed by atoms with Gasteiger partial charge in [-0.1, -0.05) is 24.3 Å². The molecule has 1 nitrogen and oxygen atoms in total. The maximum Gasteiger partial charge on any atom is 0.126 e. The average molecular weight is 261 g/mol. The van der Waals surface area contributed by atoms with Gasteiger partial charge in [-0.25, -0.2) is 4.39 Å². The number of hydrogen-bond acceptors (Lipinski definition) is 2. The molecule has 0 saturated carbocycles. The first kappa shape index (κ1) is 13.1. The zero-order valence-corrected chi connectivity index (χ0v) is 11.4. The molecule has 0 radical (unpaired) electrons. The minimum absolute atomic E-state index is 0.160. The van der Waals surface area contributed by atoms with E-state index < -0.39 is 0 Å². The van der Waals surface area contributed by atoms with E-state index in [4.69, 9.17) is 0 Å². The van der Waals surface area contributed by atoms with Gasteiger partial charge in [0.25, 0.3) is 0 Å². The number of rotatable bonds is 4. The molecule has 0 amide bonds. The molecule has 18 heavy (non-hydrogen) atoms. The maximum atomic E-state index is 13.4. The van der Waals surface area contributed by atoms with Gasteiger partial charge in [0.2, 0.25) is 0 Å². The van der Waals surface area contributed by atoms with Gasteiger partial charge in [-0.15, -0.1) is 0 Å². The molecule has 0 aromatic heterocycles. The Labute approximate surface area is 112 Å². The van der Waals surface area contributed by atoms with Crippen molar-refractivity contribution in [3.63, 3.8) is 0 Å². The van der Waals surface area contributed by atoms with E-state index in [9.17, 15) is 4.39 Å². The number of allylic oxidation sites excluding steroid dienone is 2. The van der Waals surface area contributed by atoms with E-state index in [0.29, 0.717) is 5.56 Å². The molecule has 1 aromatic carbocycles. The molecule has 0 bridgehead atoms. The van der Waals surface area contributed by atoms with Crippen LogP contribution in [0.25, 0.3) is 6.08 Å². The van der Waals surface area contributed by atoms with E-state index in [2.05, 4.69) is 17.3 Å². The molecule has 0 unspecified atom stereocenters. The summed E-state index contributed by atoms with van der Waals surface area (Å²) in [6, 6.07) is 5.26. The highest BCUT2D eigenvalue weighted by molar-refractivity contribution is 7.98. The van der Waals surface area contributed by atoms with Crippen LogP contribution in [0.15, 0.2) is 41.0 Å². The zero-order valence-electron chi connectivity index (χ0n) is 10.6. The second-order valence-electron chi connectivity index (χ2n) is 4.28. The summed E-state index contributed by atoms with van der Waals surface area (Å²) < 4.78 is 13.4. The van der Waals surface area contributed by atoms with E-state index in [0.717, 1.165) is 29.1 Å². The van der Waals surface area contributed by atoms with E-state index in [1.165, 1.54) is 0 Å². The predicted molar refractivity (Wildman–Crippen MR) is 78.7 cm³/mol. The molecule has 0 atom stereocenters. The Morgan fingerprint density at radius 3 is 2.94 bits per heavy atom. The van der Waals surface area contributed by atoms with E-state index in [1.807, 2.05) is 18.2 Å². The van der Waals surface area contributed by atoms with Crippen molar-refractivity contribution >= 4 is 23.5 Å². The van der Waals surface area contributed by atoms with Crippen molar-refractivity contribution in [2.24, 2.45) is 4.99 Å². The lowest BCUT2D eigenvalue weighted by atomic mass is 10.1. The highest BCUT2D eigenvalue weighted by atomic mass is 32.2. The van der Waals surface area contributed by atoms with Crippen LogP contribution in [0.5, 0.6) is 0 Å². The summed E-state index contributed by atoms with van der Waals surface area (Å²) in [5.41, 5.74) is 3.73. The van der Waals surface area contributed by atoms with Crippen LogP contribution in [0.2, 0.25) is 0 Å². The Morgan fingerprint density at radius 2 is 2.22 bits per heavy atom. The fourth-order valence-electron chi connectivity index (χ4n) is 1.75. The third-order valence-corrected chi connectivity index (χ3v) is 3.37. The first-order valence-corrected chi connectivity index (χ1v) is 7.28. The molecule has 3 heteroatoms. The first-order valence-electron chi connectivity index (χ1n) is 5.89. The van der Waals surface area contributed by atoms with Crippen molar-refractivity contribution < 1.29 is 4.39 Å². The third-order valence-electron chi connectivity index (χ3n) is 2.79. The lowest BCUT2D eigenvalue weighted by Gasteiger charge is -1.98. The number of thioether (sulfide) groups is 1. The van der Waals surface area contributed by atoms with E-state index >= 15 is 0 Å². The third kappa shape index (κ3) is 3.33. The van der Waals surface area contributed by atoms with Crippen LogP contribution in [0, 0.1) is 12.7 Å². The molecule has 94 valence electrons. The summed E-state index contributed by atoms with van der Waals surface area (Å²) in [4.78, 5) is 4.51. The van der Waals surface area contributed by atoms with Crippen LogP contribution in [0.1, 0.15) is 17.5 Å². The zero-order chi connectivity index (χ0) is 13.0. The Balaban J connectivity index is 2.04. The second kappa shape index (κ2) is 6.01. The molecular formula is C15H16FNS. The van der Waals surface area contributed by atoms with Gasteiger partial charge in [-0.05, 0) is 36.4 Å². The summed E-state index contributed by atoms with van der Waals surface area (Å²) in [6.07, 6.45) is 8.97. The van der Waals surface area contributed by atoms with Gasteiger partial charge in [0, 0.05) is 23.6 Å². The lowest BCUT2D eigenvalue weighted by Crippen LogP contribution is -1.87. The minimum atomic E-state index is -0.160. The van der Waals surface area contributed by atoms with Gasteiger partial charge in [-0.3, -0.25) is 4.99 Å². The van der Waals surface area contributed by atoms with Crippen LogP contribution in [0.3, 0.4) is 0 Å². The molecule has 0 spiro atoms. The lowest BCUT2D eigenvalue weighted by molar-refractivity contribution is 0.618. The van der Waals surface area contributed by atoms with Gasteiger partial charge >= 0.3 is 0 Å². The van der Waals surface area contributed by atoms with Gasteiger partial charge in [0.1, 0.15) is 5.82 Å². The van der Waals surface area contributed by atoms with Gasteiger partial charge in [0.05, 0.1) is 0 Å². The molecule has 1 heterocycles. The summed E-state index contributed by atoms with van der Waals surface area (Å²) in [6.45, 7) is 1.77. The Morgan fingerprint density at radius 1 is 1.39 bits per heavy atom. The van der Waals surface area contributed by atoms with Crippen LogP contribution >= 0.6 is 11.8 Å². The standard InChI is InChI=1S/C15H16FNS/c1-11-3-4-12(9-15(11)16)5-6-13-7-8-14(17-13)10-18-2/h3-6,8-9H,7,10H2,1-2H3/b6-5+. The predicted octanol–water partition coefficient (Wildman–Crippen LogP) is 4.24. The summed E-state index contributed by atoms with van der Waals surface area (Å²) >= 11 is 1.77. The number of benzene rings is 1. The van der Waals surface area contributed by atoms with Crippen molar-refractivity contribution in [2.45, 2.75) is 13.3 Å². The second-order valence-corrected chi connectivity index (χ2v) is 5.14. The Kier molecular flexibility index (Phi) is 4.37. The highest BCUT2D eigenvalue weighted by Crippen LogP contribution is 2.16. The number of hydrogen-bond donors (Lipinski definition) is 0. The number of halogens is 1. The maximum absolute atomic E-state index is 13.4. The van der Waals surface area contributed by atoms with E-state index in [-0.39, 0.29) is 5.82 Å². The molecule has 0 aliphatic carbocycles. The molecular weight excluding hydrogens is 245 g/mol. The SMILES string of the molecule is CSCC1=CCC(/C=C/c2ccc(C)c(F)c2)=N1.